The van der Waals surface area contributed by atoms with Gasteiger partial charge in [-0.05, 0) is 32.1 Å². The number of carbonyl (C=O) groups is 1. The van der Waals surface area contributed by atoms with E-state index in [0.29, 0.717) is 13.2 Å². The molecule has 0 aromatic carbocycles. The molecule has 0 rings (SSSR count). The SMILES string of the molecule is CCC(C)(CC)COCC(C)(C)C(=O)OC. The van der Waals surface area contributed by atoms with Crippen LogP contribution in [-0.2, 0) is 14.3 Å². The molecule has 0 heterocycles. The van der Waals surface area contributed by atoms with Crippen LogP contribution in [0.1, 0.15) is 47.5 Å². The molecule has 16 heavy (non-hydrogen) atoms. The summed E-state index contributed by atoms with van der Waals surface area (Å²) in [6.07, 6.45) is 2.17. The monoisotopic (exact) mass is 230 g/mol. The van der Waals surface area contributed by atoms with Crippen LogP contribution in [0.5, 0.6) is 0 Å². The van der Waals surface area contributed by atoms with Crippen LogP contribution in [0.4, 0.5) is 0 Å². The van der Waals surface area contributed by atoms with Gasteiger partial charge in [-0.25, -0.2) is 0 Å². The smallest absolute Gasteiger partial charge is 0.313 e. The number of methoxy groups -OCH3 is 1. The average Bonchev–Trinajstić information content (AvgIpc) is 2.27. The molecule has 96 valence electrons. The normalized spacial score (nSPS) is 12.6. The zero-order valence-electron chi connectivity index (χ0n) is 11.6. The second kappa shape index (κ2) is 6.24. The maximum atomic E-state index is 11.4. The predicted molar refractivity (Wildman–Crippen MR) is 65.3 cm³/mol. The van der Waals surface area contributed by atoms with Gasteiger partial charge in [-0.1, -0.05) is 20.8 Å². The van der Waals surface area contributed by atoms with Gasteiger partial charge >= 0.3 is 5.97 Å². The molecule has 0 saturated heterocycles. The highest BCUT2D eigenvalue weighted by Crippen LogP contribution is 2.27. The van der Waals surface area contributed by atoms with Crippen LogP contribution in [0.2, 0.25) is 0 Å². The fourth-order valence-corrected chi connectivity index (χ4v) is 1.34. The van der Waals surface area contributed by atoms with E-state index < -0.39 is 5.41 Å². The van der Waals surface area contributed by atoms with Crippen molar-refractivity contribution >= 4 is 5.97 Å². The number of rotatable bonds is 7. The number of esters is 1. The first-order valence-corrected chi connectivity index (χ1v) is 5.97. The first-order chi connectivity index (χ1) is 7.31. The van der Waals surface area contributed by atoms with Crippen LogP contribution >= 0.6 is 0 Å². The molecule has 0 aliphatic carbocycles. The van der Waals surface area contributed by atoms with Gasteiger partial charge in [0.1, 0.15) is 0 Å². The molecule has 0 aliphatic rings. The first-order valence-electron chi connectivity index (χ1n) is 5.97. The Morgan fingerprint density at radius 3 is 1.94 bits per heavy atom. The number of ether oxygens (including phenoxy) is 2. The molecule has 0 bridgehead atoms. The molecule has 0 amide bonds. The van der Waals surface area contributed by atoms with E-state index in [1.165, 1.54) is 7.11 Å². The summed E-state index contributed by atoms with van der Waals surface area (Å²) in [7, 11) is 1.41. The maximum Gasteiger partial charge on any atom is 0.313 e. The fourth-order valence-electron chi connectivity index (χ4n) is 1.34. The van der Waals surface area contributed by atoms with Gasteiger partial charge in [-0.15, -0.1) is 0 Å². The minimum absolute atomic E-state index is 0.214. The Balaban J connectivity index is 4.11. The Kier molecular flexibility index (Phi) is 6.01. The van der Waals surface area contributed by atoms with E-state index in [2.05, 4.69) is 20.8 Å². The third-order valence-electron chi connectivity index (χ3n) is 3.36. The van der Waals surface area contributed by atoms with E-state index in [1.54, 1.807) is 0 Å². The third kappa shape index (κ3) is 4.52. The van der Waals surface area contributed by atoms with Gasteiger partial charge in [-0.3, -0.25) is 4.79 Å². The molecule has 0 radical (unpaired) electrons. The minimum Gasteiger partial charge on any atom is -0.469 e. The second-order valence-electron chi connectivity index (χ2n) is 5.39. The summed E-state index contributed by atoms with van der Waals surface area (Å²) in [6, 6.07) is 0. The van der Waals surface area contributed by atoms with Crippen LogP contribution in [0.3, 0.4) is 0 Å². The maximum absolute atomic E-state index is 11.4. The molecule has 0 unspecified atom stereocenters. The Morgan fingerprint density at radius 2 is 1.56 bits per heavy atom. The van der Waals surface area contributed by atoms with Crippen molar-refractivity contribution in [1.29, 1.82) is 0 Å². The van der Waals surface area contributed by atoms with Gasteiger partial charge < -0.3 is 9.47 Å². The van der Waals surface area contributed by atoms with Gasteiger partial charge in [-0.2, -0.15) is 0 Å². The van der Waals surface area contributed by atoms with E-state index in [4.69, 9.17) is 9.47 Å². The molecule has 0 N–H and O–H groups in total. The lowest BCUT2D eigenvalue weighted by molar-refractivity contribution is -0.155. The van der Waals surface area contributed by atoms with Gasteiger partial charge in [0, 0.05) is 0 Å². The summed E-state index contributed by atoms with van der Waals surface area (Å²) in [5, 5.41) is 0. The zero-order valence-corrected chi connectivity index (χ0v) is 11.6. The summed E-state index contributed by atoms with van der Waals surface area (Å²) in [6.45, 7) is 11.3. The van der Waals surface area contributed by atoms with E-state index in [1.807, 2.05) is 13.8 Å². The molecule has 0 aliphatic heterocycles. The van der Waals surface area contributed by atoms with Crippen molar-refractivity contribution < 1.29 is 14.3 Å². The molecular weight excluding hydrogens is 204 g/mol. The van der Waals surface area contributed by atoms with Crippen molar-refractivity contribution in [2.75, 3.05) is 20.3 Å². The largest absolute Gasteiger partial charge is 0.469 e. The van der Waals surface area contributed by atoms with E-state index >= 15 is 0 Å². The molecule has 0 atom stereocenters. The summed E-state index contributed by atoms with van der Waals surface area (Å²) in [5.74, 6) is -0.220. The molecular formula is C13H26O3. The van der Waals surface area contributed by atoms with Gasteiger partial charge in [0.2, 0.25) is 0 Å². The van der Waals surface area contributed by atoms with E-state index in [9.17, 15) is 4.79 Å². The second-order valence-corrected chi connectivity index (χ2v) is 5.39. The lowest BCUT2D eigenvalue weighted by Gasteiger charge is -2.29. The summed E-state index contributed by atoms with van der Waals surface area (Å²) >= 11 is 0. The Hall–Kier alpha value is -0.570. The third-order valence-corrected chi connectivity index (χ3v) is 3.36. The van der Waals surface area contributed by atoms with Crippen LogP contribution in [0.25, 0.3) is 0 Å². The van der Waals surface area contributed by atoms with Crippen molar-refractivity contribution in [3.05, 3.63) is 0 Å². The summed E-state index contributed by atoms with van der Waals surface area (Å²) in [5.41, 5.74) is -0.344. The molecule has 3 nitrogen and oxygen atoms in total. The predicted octanol–water partition coefficient (Wildman–Crippen LogP) is 3.03. The van der Waals surface area contributed by atoms with Crippen molar-refractivity contribution in [3.63, 3.8) is 0 Å². The Bertz CT molecular complexity index is 217. The summed E-state index contributed by atoms with van der Waals surface area (Å²) < 4.78 is 10.4. The molecule has 0 fully saturated rings. The van der Waals surface area contributed by atoms with Gasteiger partial charge in [0.15, 0.2) is 0 Å². The van der Waals surface area contributed by atoms with E-state index in [-0.39, 0.29) is 11.4 Å². The van der Waals surface area contributed by atoms with Crippen LogP contribution < -0.4 is 0 Å². The lowest BCUT2D eigenvalue weighted by atomic mass is 9.85. The highest BCUT2D eigenvalue weighted by Gasteiger charge is 2.30. The van der Waals surface area contributed by atoms with Crippen molar-refractivity contribution in [1.82, 2.24) is 0 Å². The standard InChI is InChI=1S/C13H26O3/c1-7-13(5,8-2)10-16-9-12(3,4)11(14)15-6/h7-10H2,1-6H3. The molecule has 0 aromatic heterocycles. The van der Waals surface area contributed by atoms with E-state index in [0.717, 1.165) is 12.8 Å². The number of hydrogen-bond acceptors (Lipinski definition) is 3. The topological polar surface area (TPSA) is 35.5 Å². The van der Waals surface area contributed by atoms with Crippen LogP contribution in [0, 0.1) is 10.8 Å². The van der Waals surface area contributed by atoms with Crippen LogP contribution in [0.15, 0.2) is 0 Å². The first kappa shape index (κ1) is 15.4. The average molecular weight is 230 g/mol. The van der Waals surface area contributed by atoms with Crippen LogP contribution in [-0.4, -0.2) is 26.3 Å². The Morgan fingerprint density at radius 1 is 1.06 bits per heavy atom. The highest BCUT2D eigenvalue weighted by atomic mass is 16.5. The molecule has 0 spiro atoms. The summed E-state index contributed by atoms with van der Waals surface area (Å²) in [4.78, 5) is 11.4. The molecule has 0 aromatic rings. The van der Waals surface area contributed by atoms with Crippen molar-refractivity contribution in [2.24, 2.45) is 10.8 Å². The molecule has 0 saturated carbocycles. The quantitative estimate of drug-likeness (QED) is 0.631. The zero-order chi connectivity index (χ0) is 12.8. The fraction of sp³-hybridized carbons (Fsp3) is 0.923. The van der Waals surface area contributed by atoms with Gasteiger partial charge in [0.25, 0.3) is 0 Å². The minimum atomic E-state index is -0.558. The van der Waals surface area contributed by atoms with Gasteiger partial charge in [0.05, 0.1) is 25.7 Å². The Labute approximate surface area is 99.5 Å². The number of carbonyl (C=O) groups excluding carboxylic acids is 1. The number of hydrogen-bond donors (Lipinski definition) is 0. The lowest BCUT2D eigenvalue weighted by Crippen LogP contribution is -2.33. The highest BCUT2D eigenvalue weighted by molar-refractivity contribution is 5.75. The van der Waals surface area contributed by atoms with Crippen molar-refractivity contribution in [3.8, 4) is 0 Å². The molecule has 3 heteroatoms. The van der Waals surface area contributed by atoms with Crippen molar-refractivity contribution in [2.45, 2.75) is 47.5 Å².